The van der Waals surface area contributed by atoms with Crippen molar-refractivity contribution in [2.45, 2.75) is 33.1 Å². The Morgan fingerprint density at radius 1 is 1.43 bits per heavy atom. The summed E-state index contributed by atoms with van der Waals surface area (Å²) in [6.07, 6.45) is 2.56. The number of anilines is 1. The van der Waals surface area contributed by atoms with Gasteiger partial charge in [0.15, 0.2) is 0 Å². The number of hydrogen-bond acceptors (Lipinski definition) is 3. The van der Waals surface area contributed by atoms with Gasteiger partial charge in [0.2, 0.25) is 5.91 Å². The molecular weight excluding hydrogens is 304 g/mol. The van der Waals surface area contributed by atoms with Crippen LogP contribution in [-0.4, -0.2) is 10.9 Å². The van der Waals surface area contributed by atoms with Crippen molar-refractivity contribution in [3.63, 3.8) is 0 Å². The average Bonchev–Trinajstić information content (AvgIpc) is 2.81. The number of hydrogen-bond donors (Lipinski definition) is 1. The molecule has 21 heavy (non-hydrogen) atoms. The van der Waals surface area contributed by atoms with Crippen LogP contribution in [0.4, 0.5) is 5.69 Å². The highest BCUT2D eigenvalue weighted by Gasteiger charge is 2.27. The van der Waals surface area contributed by atoms with Gasteiger partial charge in [-0.3, -0.25) is 4.79 Å². The van der Waals surface area contributed by atoms with Gasteiger partial charge in [-0.1, -0.05) is 17.7 Å². The van der Waals surface area contributed by atoms with Gasteiger partial charge in [-0.2, -0.15) is 0 Å². The number of nitrogens with one attached hydrogen (secondary N) is 1. The molecule has 0 aliphatic heterocycles. The monoisotopic (exact) mass is 320 g/mol. The van der Waals surface area contributed by atoms with Crippen molar-refractivity contribution in [1.82, 2.24) is 4.98 Å². The Kier molecular flexibility index (Phi) is 4.00. The molecule has 0 bridgehead atoms. The quantitative estimate of drug-likeness (QED) is 0.903. The summed E-state index contributed by atoms with van der Waals surface area (Å²) in [6, 6.07) is 5.56. The lowest BCUT2D eigenvalue weighted by molar-refractivity contribution is -0.120. The predicted molar refractivity (Wildman–Crippen MR) is 87.2 cm³/mol. The second-order valence-corrected chi connectivity index (χ2v) is 7.22. The summed E-state index contributed by atoms with van der Waals surface area (Å²) in [5.41, 5.74) is 3.01. The van der Waals surface area contributed by atoms with Crippen LogP contribution < -0.4 is 5.32 Å². The van der Waals surface area contributed by atoms with Gasteiger partial charge < -0.3 is 5.32 Å². The van der Waals surface area contributed by atoms with E-state index in [1.165, 1.54) is 10.6 Å². The molecule has 1 heterocycles. The molecule has 1 aliphatic carbocycles. The molecule has 0 spiro atoms. The molecule has 3 rings (SSSR count). The van der Waals surface area contributed by atoms with E-state index in [1.54, 1.807) is 17.4 Å². The van der Waals surface area contributed by atoms with Crippen LogP contribution in [0, 0.1) is 19.8 Å². The molecule has 0 radical (unpaired) electrons. The fraction of sp³-hybridized carbons (Fsp3) is 0.375. The number of benzene rings is 1. The van der Waals surface area contributed by atoms with Crippen molar-refractivity contribution in [1.29, 1.82) is 0 Å². The van der Waals surface area contributed by atoms with Crippen molar-refractivity contribution < 1.29 is 4.79 Å². The van der Waals surface area contributed by atoms with Crippen LogP contribution in [0.1, 0.15) is 27.6 Å². The molecule has 0 saturated carbocycles. The Morgan fingerprint density at radius 3 is 3.05 bits per heavy atom. The topological polar surface area (TPSA) is 42.0 Å². The molecule has 0 saturated heterocycles. The van der Waals surface area contributed by atoms with E-state index < -0.39 is 0 Å². The van der Waals surface area contributed by atoms with E-state index in [-0.39, 0.29) is 11.8 Å². The Morgan fingerprint density at radius 2 is 2.24 bits per heavy atom. The summed E-state index contributed by atoms with van der Waals surface area (Å²) >= 11 is 7.71. The van der Waals surface area contributed by atoms with Crippen molar-refractivity contribution in [2.75, 3.05) is 5.32 Å². The van der Waals surface area contributed by atoms with Crippen LogP contribution in [-0.2, 0) is 17.6 Å². The zero-order valence-electron chi connectivity index (χ0n) is 12.1. The maximum Gasteiger partial charge on any atom is 0.227 e. The van der Waals surface area contributed by atoms with Crippen LogP contribution >= 0.6 is 22.9 Å². The van der Waals surface area contributed by atoms with Gasteiger partial charge in [-0.05, 0) is 50.8 Å². The summed E-state index contributed by atoms with van der Waals surface area (Å²) < 4.78 is 0. The lowest BCUT2D eigenvalue weighted by Crippen LogP contribution is -2.28. The number of aryl methyl sites for hydroxylation is 3. The fourth-order valence-electron chi connectivity index (χ4n) is 2.69. The van der Waals surface area contributed by atoms with Crippen molar-refractivity contribution in [3.05, 3.63) is 44.4 Å². The molecule has 1 atom stereocenters. The number of thiazole rings is 1. The first-order chi connectivity index (χ1) is 10.0. The third-order valence-electron chi connectivity index (χ3n) is 3.87. The van der Waals surface area contributed by atoms with Crippen molar-refractivity contribution in [3.8, 4) is 0 Å². The molecular formula is C16H17ClN2OS. The van der Waals surface area contributed by atoms with Crippen LogP contribution in [0.5, 0.6) is 0 Å². The van der Waals surface area contributed by atoms with E-state index in [0.29, 0.717) is 5.02 Å². The van der Waals surface area contributed by atoms with E-state index in [1.807, 2.05) is 26.0 Å². The zero-order valence-corrected chi connectivity index (χ0v) is 13.6. The Labute approximate surface area is 133 Å². The molecule has 1 N–H and O–H groups in total. The van der Waals surface area contributed by atoms with Crippen LogP contribution in [0.3, 0.4) is 0 Å². The number of aromatic nitrogens is 1. The maximum absolute atomic E-state index is 12.5. The Bertz CT molecular complexity index is 696. The van der Waals surface area contributed by atoms with E-state index in [2.05, 4.69) is 10.3 Å². The third kappa shape index (κ3) is 3.11. The number of carbonyl (C=O) groups is 1. The molecule has 1 amide bonds. The molecule has 5 heteroatoms. The maximum atomic E-state index is 12.5. The van der Waals surface area contributed by atoms with E-state index in [0.717, 1.165) is 35.5 Å². The summed E-state index contributed by atoms with van der Waals surface area (Å²) in [7, 11) is 0. The highest BCUT2D eigenvalue weighted by atomic mass is 35.5. The molecule has 1 aliphatic rings. The van der Waals surface area contributed by atoms with E-state index in [9.17, 15) is 4.79 Å². The molecule has 110 valence electrons. The van der Waals surface area contributed by atoms with Gasteiger partial charge in [0.25, 0.3) is 0 Å². The molecule has 1 aromatic heterocycles. The summed E-state index contributed by atoms with van der Waals surface area (Å²) in [5, 5.41) is 4.75. The summed E-state index contributed by atoms with van der Waals surface area (Å²) in [6.45, 7) is 3.99. The largest absolute Gasteiger partial charge is 0.326 e. The van der Waals surface area contributed by atoms with Gasteiger partial charge in [0.05, 0.1) is 10.7 Å². The number of fused-ring (bicyclic) bond motifs is 1. The number of halogens is 1. The minimum atomic E-state index is 0.0238. The first-order valence-electron chi connectivity index (χ1n) is 7.05. The van der Waals surface area contributed by atoms with Crippen LogP contribution in [0.15, 0.2) is 18.2 Å². The van der Waals surface area contributed by atoms with Crippen LogP contribution in [0.2, 0.25) is 5.02 Å². The molecule has 1 unspecified atom stereocenters. The van der Waals surface area contributed by atoms with Crippen LogP contribution in [0.25, 0.3) is 0 Å². The highest BCUT2D eigenvalue weighted by molar-refractivity contribution is 7.11. The van der Waals surface area contributed by atoms with Gasteiger partial charge in [-0.15, -0.1) is 11.3 Å². The second kappa shape index (κ2) is 5.78. The Balaban J connectivity index is 1.73. The van der Waals surface area contributed by atoms with Crippen molar-refractivity contribution >= 4 is 34.5 Å². The number of amides is 1. The summed E-state index contributed by atoms with van der Waals surface area (Å²) in [4.78, 5) is 18.3. The number of rotatable bonds is 2. The first kappa shape index (κ1) is 14.5. The predicted octanol–water partition coefficient (Wildman–Crippen LogP) is 4.16. The average molecular weight is 321 g/mol. The van der Waals surface area contributed by atoms with Crippen molar-refractivity contribution in [2.24, 2.45) is 5.92 Å². The lowest BCUT2D eigenvalue weighted by atomic mass is 9.90. The van der Waals surface area contributed by atoms with Gasteiger partial charge >= 0.3 is 0 Å². The third-order valence-corrected chi connectivity index (χ3v) is 5.15. The normalized spacial score (nSPS) is 17.4. The minimum Gasteiger partial charge on any atom is -0.326 e. The summed E-state index contributed by atoms with van der Waals surface area (Å²) in [5.74, 6) is 0.104. The molecule has 2 aromatic rings. The van der Waals surface area contributed by atoms with Gasteiger partial charge in [0.1, 0.15) is 0 Å². The second-order valence-electron chi connectivity index (χ2n) is 5.49. The molecule has 1 aromatic carbocycles. The van der Waals surface area contributed by atoms with E-state index >= 15 is 0 Å². The SMILES string of the molecule is Cc1nc2c(s1)CC(C(=O)Nc1cc(Cl)ccc1C)CC2. The van der Waals surface area contributed by atoms with Gasteiger partial charge in [-0.25, -0.2) is 4.98 Å². The zero-order chi connectivity index (χ0) is 15.0. The standard InChI is InChI=1S/C16H17ClN2OS/c1-9-3-5-12(17)8-14(9)19-16(20)11-4-6-13-15(7-11)21-10(2)18-13/h3,5,8,11H,4,6-7H2,1-2H3,(H,19,20). The molecule has 0 fully saturated rings. The number of nitrogens with zero attached hydrogens (tertiary/aromatic N) is 1. The lowest BCUT2D eigenvalue weighted by Gasteiger charge is -2.21. The van der Waals surface area contributed by atoms with Gasteiger partial charge in [0, 0.05) is 21.5 Å². The minimum absolute atomic E-state index is 0.0238. The van der Waals surface area contributed by atoms with E-state index in [4.69, 9.17) is 11.6 Å². The fourth-order valence-corrected chi connectivity index (χ4v) is 3.93. The highest BCUT2D eigenvalue weighted by Crippen LogP contribution is 2.31. The Hall–Kier alpha value is -1.39. The first-order valence-corrected chi connectivity index (χ1v) is 8.24. The molecule has 3 nitrogen and oxygen atoms in total. The smallest absolute Gasteiger partial charge is 0.227 e. The number of carbonyl (C=O) groups excluding carboxylic acids is 1.